The first kappa shape index (κ1) is 24.1. The second-order valence-corrected chi connectivity index (χ2v) is 8.42. The molecule has 0 spiro atoms. The van der Waals surface area contributed by atoms with Crippen molar-refractivity contribution in [2.24, 2.45) is 11.3 Å². The first-order valence-electron chi connectivity index (χ1n) is 10.5. The predicted molar refractivity (Wildman–Crippen MR) is 104 cm³/mol. The third-order valence-electron chi connectivity index (χ3n) is 6.25. The molecule has 0 radical (unpaired) electrons. The molecule has 3 heterocycles. The summed E-state index contributed by atoms with van der Waals surface area (Å²) in [5.41, 5.74) is 0.0725. The van der Waals surface area contributed by atoms with Gasteiger partial charge >= 0.3 is 12.1 Å². The van der Waals surface area contributed by atoms with Gasteiger partial charge < -0.3 is 19.6 Å². The first-order valence-corrected chi connectivity index (χ1v) is 10.5. The van der Waals surface area contributed by atoms with E-state index in [1.165, 1.54) is 25.2 Å². The highest BCUT2D eigenvalue weighted by molar-refractivity contribution is 5.77. The molecular formula is C20H26F4N4O4. The van der Waals surface area contributed by atoms with Crippen LogP contribution in [0.5, 0.6) is 0 Å². The minimum atomic E-state index is -5.08. The lowest BCUT2D eigenvalue weighted by molar-refractivity contribution is -0.192. The average molecular weight is 462 g/mol. The van der Waals surface area contributed by atoms with Gasteiger partial charge in [0, 0.05) is 31.6 Å². The molecule has 3 fully saturated rings. The summed E-state index contributed by atoms with van der Waals surface area (Å²) in [6.45, 7) is 4.23. The topological polar surface area (TPSA) is 95.9 Å². The lowest BCUT2D eigenvalue weighted by Gasteiger charge is -2.28. The Morgan fingerprint density at radius 3 is 2.41 bits per heavy atom. The fourth-order valence-corrected chi connectivity index (χ4v) is 4.67. The van der Waals surface area contributed by atoms with Crippen LogP contribution in [-0.2, 0) is 14.3 Å². The number of aromatic nitrogens is 2. The highest BCUT2D eigenvalue weighted by Gasteiger charge is 2.50. The summed E-state index contributed by atoms with van der Waals surface area (Å²) in [6, 6.07) is 0. The molecule has 178 valence electrons. The van der Waals surface area contributed by atoms with E-state index in [0.29, 0.717) is 18.5 Å². The van der Waals surface area contributed by atoms with Crippen LogP contribution in [-0.4, -0.2) is 77.4 Å². The predicted octanol–water partition coefficient (Wildman–Crippen LogP) is 2.49. The maximum Gasteiger partial charge on any atom is 0.490 e. The van der Waals surface area contributed by atoms with Crippen molar-refractivity contribution < 1.29 is 37.0 Å². The molecular weight excluding hydrogens is 436 g/mol. The standard InChI is InChI=1S/C18H25FN4O2.C2HF3O2/c19-15-8-20-17(21-9-15)23-10-14-4-3-5-18(14,12-23)13-25-11-16(24)22-6-1-2-7-22;3-2(4,5)1(6)7/h8-9,14H,1-7,10-13H2;(H,6,7)/t14-,18+;/m1./s1. The van der Waals surface area contributed by atoms with Gasteiger partial charge in [-0.15, -0.1) is 0 Å². The number of hydrogen-bond acceptors (Lipinski definition) is 6. The number of hydrogen-bond donors (Lipinski definition) is 1. The second-order valence-electron chi connectivity index (χ2n) is 8.42. The molecule has 4 rings (SSSR count). The van der Waals surface area contributed by atoms with Crippen molar-refractivity contribution in [1.29, 1.82) is 0 Å². The molecule has 0 bridgehead atoms. The SMILES string of the molecule is O=C(COC[C@@]12CCC[C@@H]1CN(c1ncc(F)cn1)C2)N1CCCC1.O=C(O)C(F)(F)F. The van der Waals surface area contributed by atoms with Crippen molar-refractivity contribution in [2.75, 3.05) is 44.3 Å². The zero-order valence-electron chi connectivity index (χ0n) is 17.5. The van der Waals surface area contributed by atoms with E-state index < -0.39 is 18.0 Å². The lowest BCUT2D eigenvalue weighted by Crippen LogP contribution is -2.36. The number of nitrogens with zero attached hydrogens (tertiary/aromatic N) is 4. The number of carboxylic acids is 1. The van der Waals surface area contributed by atoms with Crippen LogP contribution in [0.15, 0.2) is 12.4 Å². The smallest absolute Gasteiger partial charge is 0.475 e. The minimum Gasteiger partial charge on any atom is -0.475 e. The van der Waals surface area contributed by atoms with E-state index in [1.54, 1.807) is 0 Å². The number of ether oxygens (including phenoxy) is 1. The molecule has 1 N–H and O–H groups in total. The van der Waals surface area contributed by atoms with Gasteiger partial charge in [0.1, 0.15) is 6.61 Å². The molecule has 1 aromatic rings. The number of anilines is 1. The number of alkyl halides is 3. The largest absolute Gasteiger partial charge is 0.490 e. The van der Waals surface area contributed by atoms with E-state index in [-0.39, 0.29) is 17.9 Å². The molecule has 0 aromatic carbocycles. The molecule has 1 amide bonds. The molecule has 12 heteroatoms. The van der Waals surface area contributed by atoms with E-state index in [0.717, 1.165) is 45.4 Å². The van der Waals surface area contributed by atoms with E-state index in [2.05, 4.69) is 14.9 Å². The maximum absolute atomic E-state index is 13.1. The number of amides is 1. The van der Waals surface area contributed by atoms with Crippen molar-refractivity contribution in [3.8, 4) is 0 Å². The second kappa shape index (κ2) is 9.97. The summed E-state index contributed by atoms with van der Waals surface area (Å²) >= 11 is 0. The molecule has 8 nitrogen and oxygen atoms in total. The van der Waals surface area contributed by atoms with Crippen LogP contribution in [0.25, 0.3) is 0 Å². The van der Waals surface area contributed by atoms with Crippen molar-refractivity contribution in [3.63, 3.8) is 0 Å². The Hall–Kier alpha value is -2.50. The zero-order chi connectivity index (χ0) is 23.4. The average Bonchev–Trinajstić information content (AvgIpc) is 3.44. The number of fused-ring (bicyclic) bond motifs is 1. The van der Waals surface area contributed by atoms with Crippen LogP contribution in [0, 0.1) is 17.2 Å². The fourth-order valence-electron chi connectivity index (χ4n) is 4.67. The maximum atomic E-state index is 13.1. The summed E-state index contributed by atoms with van der Waals surface area (Å²) in [4.78, 5) is 33.3. The zero-order valence-corrected chi connectivity index (χ0v) is 17.5. The molecule has 2 saturated heterocycles. The highest BCUT2D eigenvalue weighted by Crippen LogP contribution is 2.49. The van der Waals surface area contributed by atoms with Crippen LogP contribution in [0.4, 0.5) is 23.5 Å². The highest BCUT2D eigenvalue weighted by atomic mass is 19.4. The molecule has 1 saturated carbocycles. The number of halogens is 4. The van der Waals surface area contributed by atoms with Gasteiger partial charge in [0.25, 0.3) is 0 Å². The summed E-state index contributed by atoms with van der Waals surface area (Å²) in [5.74, 6) is -1.94. The fraction of sp³-hybridized carbons (Fsp3) is 0.700. The third kappa shape index (κ3) is 5.84. The van der Waals surface area contributed by atoms with Crippen molar-refractivity contribution in [3.05, 3.63) is 18.2 Å². The molecule has 3 aliphatic rings. The third-order valence-corrected chi connectivity index (χ3v) is 6.25. The summed E-state index contributed by atoms with van der Waals surface area (Å²) in [7, 11) is 0. The monoisotopic (exact) mass is 462 g/mol. The minimum absolute atomic E-state index is 0.0725. The lowest BCUT2D eigenvalue weighted by atomic mass is 9.82. The molecule has 1 aliphatic carbocycles. The number of carbonyl (C=O) groups is 2. The number of rotatable bonds is 5. The van der Waals surface area contributed by atoms with Gasteiger partial charge in [-0.25, -0.2) is 19.2 Å². The quantitative estimate of drug-likeness (QED) is 0.672. The molecule has 2 atom stereocenters. The summed E-state index contributed by atoms with van der Waals surface area (Å²) in [6.07, 6.45) is 3.03. The first-order chi connectivity index (χ1) is 15.1. The Balaban J connectivity index is 0.000000360. The van der Waals surface area contributed by atoms with Crippen LogP contribution in [0.1, 0.15) is 32.1 Å². The molecule has 32 heavy (non-hydrogen) atoms. The van der Waals surface area contributed by atoms with Crippen molar-refractivity contribution in [2.45, 2.75) is 38.3 Å². The Morgan fingerprint density at radius 2 is 1.81 bits per heavy atom. The Morgan fingerprint density at radius 1 is 1.19 bits per heavy atom. The van der Waals surface area contributed by atoms with Gasteiger partial charge in [0.15, 0.2) is 5.82 Å². The van der Waals surface area contributed by atoms with Gasteiger partial charge in [-0.3, -0.25) is 4.79 Å². The van der Waals surface area contributed by atoms with E-state index in [1.807, 2.05) is 4.90 Å². The molecule has 2 aliphatic heterocycles. The van der Waals surface area contributed by atoms with Crippen molar-refractivity contribution in [1.82, 2.24) is 14.9 Å². The molecule has 1 aromatic heterocycles. The van der Waals surface area contributed by atoms with E-state index in [9.17, 15) is 22.4 Å². The number of likely N-dealkylation sites (tertiary alicyclic amines) is 1. The summed E-state index contributed by atoms with van der Waals surface area (Å²) in [5, 5.41) is 7.12. The van der Waals surface area contributed by atoms with Crippen LogP contribution >= 0.6 is 0 Å². The molecule has 0 unspecified atom stereocenters. The Labute approximate surface area is 182 Å². The van der Waals surface area contributed by atoms with E-state index in [4.69, 9.17) is 14.6 Å². The number of carboxylic acid groups (broad SMARTS) is 1. The van der Waals surface area contributed by atoms with Crippen LogP contribution in [0.3, 0.4) is 0 Å². The van der Waals surface area contributed by atoms with Crippen LogP contribution in [0.2, 0.25) is 0 Å². The normalized spacial score (nSPS) is 24.8. The van der Waals surface area contributed by atoms with Crippen LogP contribution < -0.4 is 4.90 Å². The number of aliphatic carboxylic acids is 1. The van der Waals surface area contributed by atoms with E-state index >= 15 is 0 Å². The van der Waals surface area contributed by atoms with Gasteiger partial charge in [0.05, 0.1) is 19.0 Å². The van der Waals surface area contributed by atoms with Gasteiger partial charge in [-0.1, -0.05) is 6.42 Å². The summed E-state index contributed by atoms with van der Waals surface area (Å²) < 4.78 is 50.7. The van der Waals surface area contributed by atoms with Gasteiger partial charge in [0.2, 0.25) is 11.9 Å². The van der Waals surface area contributed by atoms with Crippen molar-refractivity contribution >= 4 is 17.8 Å². The van der Waals surface area contributed by atoms with Gasteiger partial charge in [-0.05, 0) is 31.6 Å². The van der Waals surface area contributed by atoms with Gasteiger partial charge in [-0.2, -0.15) is 13.2 Å². The Bertz CT molecular complexity index is 802. The number of carbonyl (C=O) groups excluding carboxylic acids is 1. The Kier molecular flexibility index (Phi) is 7.52.